The molecule has 1 heterocycles. The number of nitrogens with zero attached hydrogens (tertiary/aromatic N) is 2. The Labute approximate surface area is 148 Å². The van der Waals surface area contributed by atoms with Crippen LogP contribution >= 0.6 is 0 Å². The summed E-state index contributed by atoms with van der Waals surface area (Å²) < 4.78 is 51.0. The molecule has 0 aliphatic heterocycles. The molecule has 0 spiro atoms. The van der Waals surface area contributed by atoms with Crippen molar-refractivity contribution in [1.82, 2.24) is 9.71 Å². The van der Waals surface area contributed by atoms with E-state index in [9.17, 15) is 16.8 Å². The molecule has 2 rings (SSSR count). The molecule has 25 heavy (non-hydrogen) atoms. The third-order valence-corrected chi connectivity index (χ3v) is 6.78. The number of pyridine rings is 1. The van der Waals surface area contributed by atoms with E-state index in [1.54, 1.807) is 23.2 Å². The van der Waals surface area contributed by atoms with Gasteiger partial charge in [0.15, 0.2) is 9.84 Å². The van der Waals surface area contributed by atoms with E-state index in [1.807, 2.05) is 14.1 Å². The molecule has 0 atom stereocenters. The van der Waals surface area contributed by atoms with Gasteiger partial charge in [-0.3, -0.25) is 0 Å². The zero-order valence-electron chi connectivity index (χ0n) is 14.3. The largest absolute Gasteiger partial charge is 0.362 e. The van der Waals surface area contributed by atoms with Crippen molar-refractivity contribution in [3.05, 3.63) is 48.2 Å². The Morgan fingerprint density at radius 1 is 1.00 bits per heavy atom. The second-order valence-electron chi connectivity index (χ2n) is 5.58. The van der Waals surface area contributed by atoms with Gasteiger partial charge in [0.1, 0.15) is 5.82 Å². The van der Waals surface area contributed by atoms with Crippen molar-refractivity contribution in [3.63, 3.8) is 0 Å². The summed E-state index contributed by atoms with van der Waals surface area (Å²) in [6, 6.07) is 8.73. The van der Waals surface area contributed by atoms with E-state index < -0.39 is 19.9 Å². The van der Waals surface area contributed by atoms with E-state index in [4.69, 9.17) is 0 Å². The average Bonchev–Trinajstić information content (AvgIpc) is 2.60. The molecular weight excluding hydrogens is 362 g/mol. The first-order valence-corrected chi connectivity index (χ1v) is 10.7. The molecular formula is C16H21N3O4S2. The van der Waals surface area contributed by atoms with Gasteiger partial charge in [0.25, 0.3) is 0 Å². The summed E-state index contributed by atoms with van der Waals surface area (Å²) in [5.41, 5.74) is 0.737. The maximum atomic E-state index is 12.4. The van der Waals surface area contributed by atoms with Crippen LogP contribution in [0.4, 0.5) is 5.82 Å². The Morgan fingerprint density at radius 2 is 1.60 bits per heavy atom. The monoisotopic (exact) mass is 383 g/mol. The minimum Gasteiger partial charge on any atom is -0.362 e. The number of anilines is 1. The van der Waals surface area contributed by atoms with Gasteiger partial charge in [-0.25, -0.2) is 26.5 Å². The molecule has 0 bridgehead atoms. The van der Waals surface area contributed by atoms with Crippen LogP contribution in [0.1, 0.15) is 12.5 Å². The summed E-state index contributed by atoms with van der Waals surface area (Å²) in [5.74, 6) is 0.639. The molecule has 1 aromatic carbocycles. The van der Waals surface area contributed by atoms with E-state index in [2.05, 4.69) is 9.71 Å². The molecule has 0 aliphatic rings. The van der Waals surface area contributed by atoms with Gasteiger partial charge >= 0.3 is 0 Å². The zero-order chi connectivity index (χ0) is 18.7. The molecule has 2 aromatic rings. The van der Waals surface area contributed by atoms with Crippen molar-refractivity contribution < 1.29 is 16.8 Å². The van der Waals surface area contributed by atoms with E-state index in [1.165, 1.54) is 31.2 Å². The van der Waals surface area contributed by atoms with Crippen LogP contribution in [0.15, 0.2) is 52.4 Å². The van der Waals surface area contributed by atoms with Crippen molar-refractivity contribution in [2.45, 2.75) is 23.3 Å². The maximum absolute atomic E-state index is 12.4. The van der Waals surface area contributed by atoms with Gasteiger partial charge in [0.2, 0.25) is 10.0 Å². The van der Waals surface area contributed by atoms with Crippen molar-refractivity contribution >= 4 is 25.7 Å². The molecule has 1 N–H and O–H groups in total. The highest BCUT2D eigenvalue weighted by Crippen LogP contribution is 2.18. The van der Waals surface area contributed by atoms with E-state index >= 15 is 0 Å². The highest BCUT2D eigenvalue weighted by atomic mass is 32.2. The van der Waals surface area contributed by atoms with Gasteiger partial charge in [-0.1, -0.05) is 13.0 Å². The number of sulfone groups is 1. The fraction of sp³-hybridized carbons (Fsp3) is 0.312. The molecule has 7 nitrogen and oxygen atoms in total. The zero-order valence-corrected chi connectivity index (χ0v) is 15.9. The Kier molecular flexibility index (Phi) is 5.81. The summed E-state index contributed by atoms with van der Waals surface area (Å²) in [7, 11) is -3.47. The number of sulfonamides is 1. The lowest BCUT2D eigenvalue weighted by Crippen LogP contribution is -2.25. The summed E-state index contributed by atoms with van der Waals surface area (Å²) >= 11 is 0. The van der Waals surface area contributed by atoms with Crippen LogP contribution in [-0.2, 0) is 26.4 Å². The van der Waals surface area contributed by atoms with Gasteiger partial charge in [-0.15, -0.1) is 0 Å². The second-order valence-corrected chi connectivity index (χ2v) is 9.63. The molecule has 136 valence electrons. The molecule has 0 radical (unpaired) electrons. The predicted octanol–water partition coefficient (Wildman–Crippen LogP) is 1.42. The van der Waals surface area contributed by atoms with Crippen LogP contribution in [0.3, 0.4) is 0 Å². The molecule has 9 heteroatoms. The van der Waals surface area contributed by atoms with Crippen molar-refractivity contribution in [3.8, 4) is 0 Å². The number of nitrogens with one attached hydrogen (secondary N) is 1. The normalized spacial score (nSPS) is 12.1. The number of aromatic nitrogens is 1. The highest BCUT2D eigenvalue weighted by Gasteiger charge is 2.17. The van der Waals surface area contributed by atoms with Crippen molar-refractivity contribution in [2.24, 2.45) is 0 Å². The van der Waals surface area contributed by atoms with Crippen molar-refractivity contribution in [1.29, 1.82) is 0 Å². The van der Waals surface area contributed by atoms with E-state index in [0.29, 0.717) is 5.82 Å². The molecule has 0 amide bonds. The van der Waals surface area contributed by atoms with E-state index in [0.717, 1.165) is 5.56 Å². The van der Waals surface area contributed by atoms with Gasteiger partial charge in [-0.05, 0) is 30.3 Å². The summed E-state index contributed by atoms with van der Waals surface area (Å²) in [4.78, 5) is 6.14. The third kappa shape index (κ3) is 4.56. The minimum absolute atomic E-state index is 0.0119. The summed E-state index contributed by atoms with van der Waals surface area (Å²) in [5, 5.41) is 0. The molecule has 0 aliphatic carbocycles. The lowest BCUT2D eigenvalue weighted by atomic mass is 10.2. The molecule has 0 unspecified atom stereocenters. The van der Waals surface area contributed by atoms with Crippen LogP contribution < -0.4 is 9.62 Å². The maximum Gasteiger partial charge on any atom is 0.240 e. The van der Waals surface area contributed by atoms with Crippen LogP contribution in [-0.4, -0.2) is 41.7 Å². The smallest absolute Gasteiger partial charge is 0.240 e. The number of benzene rings is 1. The van der Waals surface area contributed by atoms with Gasteiger partial charge in [0, 0.05) is 32.4 Å². The standard InChI is InChI=1S/C16H21N3O4S2/c1-4-24(20,21)14-7-9-15(10-8-14)25(22,23)18-12-13-6-5-11-17-16(13)19(2)3/h5-11,18H,4,12H2,1-3H3. The Hall–Kier alpha value is -1.97. The number of hydrogen-bond acceptors (Lipinski definition) is 6. The van der Waals surface area contributed by atoms with Crippen LogP contribution in [0.2, 0.25) is 0 Å². The molecule has 0 saturated carbocycles. The Morgan fingerprint density at radius 3 is 2.16 bits per heavy atom. The Balaban J connectivity index is 2.20. The first-order chi connectivity index (χ1) is 11.7. The second kappa shape index (κ2) is 7.51. The van der Waals surface area contributed by atoms with Gasteiger partial charge in [-0.2, -0.15) is 0 Å². The average molecular weight is 383 g/mol. The Bertz CT molecular complexity index is 938. The summed E-state index contributed by atoms with van der Waals surface area (Å²) in [6.07, 6.45) is 1.64. The summed E-state index contributed by atoms with van der Waals surface area (Å²) in [6.45, 7) is 1.62. The highest BCUT2D eigenvalue weighted by molar-refractivity contribution is 7.91. The van der Waals surface area contributed by atoms with Gasteiger partial charge in [0.05, 0.1) is 15.5 Å². The topological polar surface area (TPSA) is 96.4 Å². The van der Waals surface area contributed by atoms with E-state index in [-0.39, 0.29) is 22.1 Å². The van der Waals surface area contributed by atoms with Crippen LogP contribution in [0, 0.1) is 0 Å². The number of rotatable bonds is 7. The predicted molar refractivity (Wildman–Crippen MR) is 96.8 cm³/mol. The third-order valence-electron chi connectivity index (χ3n) is 3.62. The van der Waals surface area contributed by atoms with Crippen LogP contribution in [0.25, 0.3) is 0 Å². The van der Waals surface area contributed by atoms with Crippen LogP contribution in [0.5, 0.6) is 0 Å². The fourth-order valence-electron chi connectivity index (χ4n) is 2.22. The quantitative estimate of drug-likeness (QED) is 0.777. The molecule has 0 saturated heterocycles. The van der Waals surface area contributed by atoms with Gasteiger partial charge < -0.3 is 4.90 Å². The first-order valence-electron chi connectivity index (χ1n) is 7.61. The first kappa shape index (κ1) is 19.4. The fourth-order valence-corrected chi connectivity index (χ4v) is 4.11. The number of hydrogen-bond donors (Lipinski definition) is 1. The SMILES string of the molecule is CCS(=O)(=O)c1ccc(S(=O)(=O)NCc2cccnc2N(C)C)cc1. The molecule has 0 fully saturated rings. The van der Waals surface area contributed by atoms with Crippen molar-refractivity contribution in [2.75, 3.05) is 24.7 Å². The lowest BCUT2D eigenvalue weighted by Gasteiger charge is -2.16. The minimum atomic E-state index is -3.76. The molecule has 1 aromatic heterocycles. The lowest BCUT2D eigenvalue weighted by molar-refractivity contribution is 0.580.